The molecule has 0 amide bonds. The first kappa shape index (κ1) is 13.1. The van der Waals surface area contributed by atoms with Crippen molar-refractivity contribution in [2.45, 2.75) is 71.4 Å². The van der Waals surface area contributed by atoms with Crippen LogP contribution in [0.5, 0.6) is 0 Å². The largest absolute Gasteiger partial charge is 0.424 e. The smallest absolute Gasteiger partial charge is 0.230 e. The molecule has 2 aliphatic rings. The molecule has 19 heavy (non-hydrogen) atoms. The van der Waals surface area contributed by atoms with Crippen LogP contribution in [0.2, 0.25) is 0 Å². The molecule has 0 radical (unpaired) electrons. The number of nitrogens with one attached hydrogen (secondary N) is 1. The minimum atomic E-state index is 0.501. The van der Waals surface area contributed by atoms with E-state index in [0.29, 0.717) is 17.4 Å². The summed E-state index contributed by atoms with van der Waals surface area (Å²) in [7, 11) is 0. The second kappa shape index (κ2) is 4.89. The highest BCUT2D eigenvalue weighted by Crippen LogP contribution is 2.39. The lowest BCUT2D eigenvalue weighted by molar-refractivity contribution is 0.146. The van der Waals surface area contributed by atoms with Crippen LogP contribution in [0.3, 0.4) is 0 Å². The van der Waals surface area contributed by atoms with Crippen molar-refractivity contribution in [1.82, 2.24) is 15.5 Å². The molecule has 0 spiro atoms. The Bertz CT molecular complexity index is 436. The molecule has 1 aromatic heterocycles. The fourth-order valence-electron chi connectivity index (χ4n) is 3.30. The van der Waals surface area contributed by atoms with Crippen molar-refractivity contribution in [3.05, 3.63) is 11.8 Å². The molecular weight excluding hydrogens is 238 g/mol. The van der Waals surface area contributed by atoms with Crippen molar-refractivity contribution in [3.8, 4) is 0 Å². The molecule has 4 nitrogen and oxygen atoms in total. The molecule has 3 rings (SSSR count). The van der Waals surface area contributed by atoms with E-state index in [1.807, 2.05) is 0 Å². The van der Waals surface area contributed by atoms with Crippen LogP contribution < -0.4 is 5.32 Å². The van der Waals surface area contributed by atoms with Crippen molar-refractivity contribution in [2.24, 2.45) is 11.3 Å². The summed E-state index contributed by atoms with van der Waals surface area (Å²) in [5, 5.41) is 11.9. The summed E-state index contributed by atoms with van der Waals surface area (Å²) in [6, 6.07) is 0.587. The van der Waals surface area contributed by atoms with Crippen LogP contribution in [-0.2, 0) is 6.54 Å². The predicted octanol–water partition coefficient (Wildman–Crippen LogP) is 3.25. The molecule has 2 atom stereocenters. The van der Waals surface area contributed by atoms with Gasteiger partial charge in [-0.2, -0.15) is 0 Å². The molecule has 0 unspecified atom stereocenters. The molecule has 0 saturated heterocycles. The molecular formula is C15H25N3O. The van der Waals surface area contributed by atoms with Gasteiger partial charge in [0.15, 0.2) is 0 Å². The maximum absolute atomic E-state index is 5.69. The lowest BCUT2D eigenvalue weighted by Crippen LogP contribution is -2.41. The van der Waals surface area contributed by atoms with Crippen molar-refractivity contribution in [2.75, 3.05) is 0 Å². The third-order valence-corrected chi connectivity index (χ3v) is 4.62. The van der Waals surface area contributed by atoms with Crippen molar-refractivity contribution in [1.29, 1.82) is 0 Å². The topological polar surface area (TPSA) is 51.0 Å². The summed E-state index contributed by atoms with van der Waals surface area (Å²) in [4.78, 5) is 0. The quantitative estimate of drug-likeness (QED) is 0.906. The Morgan fingerprint density at radius 3 is 2.74 bits per heavy atom. The molecule has 2 fully saturated rings. The highest BCUT2D eigenvalue weighted by Gasteiger charge is 2.32. The van der Waals surface area contributed by atoms with E-state index in [9.17, 15) is 0 Å². The van der Waals surface area contributed by atoms with E-state index in [0.717, 1.165) is 24.2 Å². The van der Waals surface area contributed by atoms with Gasteiger partial charge in [0.1, 0.15) is 0 Å². The summed E-state index contributed by atoms with van der Waals surface area (Å²) < 4.78 is 5.69. The predicted molar refractivity (Wildman–Crippen MR) is 73.7 cm³/mol. The third-order valence-electron chi connectivity index (χ3n) is 4.62. The fourth-order valence-corrected chi connectivity index (χ4v) is 3.30. The van der Waals surface area contributed by atoms with E-state index in [-0.39, 0.29) is 0 Å². The first-order chi connectivity index (χ1) is 9.03. The van der Waals surface area contributed by atoms with E-state index in [4.69, 9.17) is 4.42 Å². The highest BCUT2D eigenvalue weighted by molar-refractivity contribution is 5.00. The van der Waals surface area contributed by atoms with Gasteiger partial charge in [-0.25, -0.2) is 0 Å². The highest BCUT2D eigenvalue weighted by atomic mass is 16.4. The summed E-state index contributed by atoms with van der Waals surface area (Å²) >= 11 is 0. The standard InChI is InChI=1S/C15H25N3O/c1-10-8-15(2,3)7-6-12(10)16-9-13-17-18-14(19-13)11-4-5-11/h10-12,16H,4-9H2,1-3H3/t10-,12+/m1/s1. The molecule has 4 heteroatoms. The minimum Gasteiger partial charge on any atom is -0.424 e. The van der Waals surface area contributed by atoms with Gasteiger partial charge in [0.05, 0.1) is 6.54 Å². The first-order valence-electron chi connectivity index (χ1n) is 7.59. The lowest BCUT2D eigenvalue weighted by Gasteiger charge is -2.39. The monoisotopic (exact) mass is 263 g/mol. The zero-order valence-electron chi connectivity index (χ0n) is 12.3. The first-order valence-corrected chi connectivity index (χ1v) is 7.59. The van der Waals surface area contributed by atoms with Crippen molar-refractivity contribution < 1.29 is 4.42 Å². The zero-order valence-corrected chi connectivity index (χ0v) is 12.3. The van der Waals surface area contributed by atoms with Gasteiger partial charge in [0.2, 0.25) is 11.8 Å². The number of hydrogen-bond donors (Lipinski definition) is 1. The molecule has 0 aromatic carbocycles. The van der Waals surface area contributed by atoms with Gasteiger partial charge in [-0.3, -0.25) is 0 Å². The normalized spacial score (nSPS) is 30.5. The Kier molecular flexibility index (Phi) is 3.37. The molecule has 0 aliphatic heterocycles. The second-order valence-corrected chi connectivity index (χ2v) is 7.18. The van der Waals surface area contributed by atoms with Crippen LogP contribution in [0.25, 0.3) is 0 Å². The molecule has 1 N–H and O–H groups in total. The van der Waals surface area contributed by atoms with Gasteiger partial charge >= 0.3 is 0 Å². The van der Waals surface area contributed by atoms with E-state index >= 15 is 0 Å². The Labute approximate surface area is 115 Å². The third kappa shape index (κ3) is 3.16. The van der Waals surface area contributed by atoms with Crippen LogP contribution in [0.4, 0.5) is 0 Å². The van der Waals surface area contributed by atoms with E-state index in [2.05, 4.69) is 36.3 Å². The van der Waals surface area contributed by atoms with E-state index < -0.39 is 0 Å². The number of rotatable bonds is 4. The molecule has 1 heterocycles. The second-order valence-electron chi connectivity index (χ2n) is 7.18. The molecule has 2 saturated carbocycles. The molecule has 1 aromatic rings. The Morgan fingerprint density at radius 2 is 2.05 bits per heavy atom. The average molecular weight is 263 g/mol. The molecule has 0 bridgehead atoms. The average Bonchev–Trinajstić information content (AvgIpc) is 3.08. The number of hydrogen-bond acceptors (Lipinski definition) is 4. The van der Waals surface area contributed by atoms with Crippen molar-refractivity contribution >= 4 is 0 Å². The van der Waals surface area contributed by atoms with Crippen LogP contribution in [0.1, 0.15) is 70.6 Å². The van der Waals surface area contributed by atoms with Gasteiger partial charge < -0.3 is 9.73 Å². The summed E-state index contributed by atoms with van der Waals surface area (Å²) in [6.07, 6.45) is 6.26. The molecule has 106 valence electrons. The van der Waals surface area contributed by atoms with Gasteiger partial charge in [-0.15, -0.1) is 10.2 Å². The summed E-state index contributed by atoms with van der Waals surface area (Å²) in [5.41, 5.74) is 0.501. The Morgan fingerprint density at radius 1 is 1.26 bits per heavy atom. The summed E-state index contributed by atoms with van der Waals surface area (Å²) in [6.45, 7) is 7.82. The van der Waals surface area contributed by atoms with Gasteiger partial charge in [-0.1, -0.05) is 20.8 Å². The van der Waals surface area contributed by atoms with Gasteiger partial charge in [0, 0.05) is 12.0 Å². The number of nitrogens with zero attached hydrogens (tertiary/aromatic N) is 2. The molecule has 2 aliphatic carbocycles. The van der Waals surface area contributed by atoms with Crippen molar-refractivity contribution in [3.63, 3.8) is 0 Å². The van der Waals surface area contributed by atoms with Crippen LogP contribution in [0.15, 0.2) is 4.42 Å². The zero-order chi connectivity index (χ0) is 13.5. The maximum atomic E-state index is 5.69. The number of aromatic nitrogens is 2. The maximum Gasteiger partial charge on any atom is 0.230 e. The van der Waals surface area contributed by atoms with Gasteiger partial charge in [-0.05, 0) is 43.4 Å². The van der Waals surface area contributed by atoms with Gasteiger partial charge in [0.25, 0.3) is 0 Å². The Balaban J connectivity index is 1.51. The SMILES string of the molecule is C[C@@H]1CC(C)(C)CC[C@@H]1NCc1nnc(C2CC2)o1. The van der Waals surface area contributed by atoms with Crippen LogP contribution >= 0.6 is 0 Å². The van der Waals surface area contributed by atoms with E-state index in [1.165, 1.54) is 32.1 Å². The van der Waals surface area contributed by atoms with Crippen LogP contribution in [0, 0.1) is 11.3 Å². The van der Waals surface area contributed by atoms with Crippen LogP contribution in [-0.4, -0.2) is 16.2 Å². The lowest BCUT2D eigenvalue weighted by atomic mass is 9.70. The fraction of sp³-hybridized carbons (Fsp3) is 0.867. The van der Waals surface area contributed by atoms with E-state index in [1.54, 1.807) is 0 Å². The minimum absolute atomic E-state index is 0.501. The Hall–Kier alpha value is -0.900. The summed E-state index contributed by atoms with van der Waals surface area (Å²) in [5.74, 6) is 2.86.